The van der Waals surface area contributed by atoms with E-state index in [1.54, 1.807) is 12.5 Å². The van der Waals surface area contributed by atoms with Gasteiger partial charge < -0.3 is 4.74 Å². The van der Waals surface area contributed by atoms with Crippen LogP contribution in [0.3, 0.4) is 0 Å². The van der Waals surface area contributed by atoms with Crippen LogP contribution in [0.5, 0.6) is 0 Å². The minimum absolute atomic E-state index is 0.000811. The molecule has 0 aromatic heterocycles. The van der Waals surface area contributed by atoms with Crippen molar-refractivity contribution < 1.29 is 9.53 Å². The van der Waals surface area contributed by atoms with E-state index in [1.807, 2.05) is 0 Å². The molecule has 0 bridgehead atoms. The summed E-state index contributed by atoms with van der Waals surface area (Å²) in [7, 11) is 0. The molecule has 0 aromatic rings. The quantitative estimate of drug-likeness (QED) is 0.281. The Morgan fingerprint density at radius 1 is 0.943 bits per heavy atom. The first-order valence-electron chi connectivity index (χ1n) is 14.4. The average Bonchev–Trinajstić information content (AvgIpc) is 2.76. The Bertz CT molecular complexity index is 986. The van der Waals surface area contributed by atoms with Gasteiger partial charge in [0.1, 0.15) is 6.10 Å². The summed E-state index contributed by atoms with van der Waals surface area (Å²) in [5, 5.41) is 10.4. The average molecular weight is 480 g/mol. The number of fused-ring (bicyclic) bond motifs is 7. The summed E-state index contributed by atoms with van der Waals surface area (Å²) in [4.78, 5) is 11.9. The minimum Gasteiger partial charge on any atom is -0.462 e. The second-order valence-corrected chi connectivity index (χ2v) is 15.4. The van der Waals surface area contributed by atoms with Gasteiger partial charge in [-0.05, 0) is 104 Å². The SMILES string of the molecule is CC(=O)O[C@H]1CC[C@@]2(C)C(CC[C@]3(C)C2CC=C2C4CC(C)(C)CC[C@]4(C#N)CC[C@]23C)C1(C)C. The lowest BCUT2D eigenvalue weighted by Gasteiger charge is -2.71. The number of carbonyl (C=O) groups excluding carboxylic acids is 1. The standard InChI is InChI=1S/C32H49NO2/c1-21(34)35-26-12-13-29(6)24(28(26,4)5)11-14-31(8)25(29)10-9-22-23-19-27(2,3)15-17-32(23,20-33)18-16-30(22,31)7/h9,23-26H,10-19H2,1-8H3/t23?,24?,25?,26-,29-,30+,31+,32+/m0/s1. The number of carbonyl (C=O) groups is 1. The Morgan fingerprint density at radius 3 is 2.29 bits per heavy atom. The van der Waals surface area contributed by atoms with Crippen LogP contribution in [-0.4, -0.2) is 12.1 Å². The summed E-state index contributed by atoms with van der Waals surface area (Å²) in [6.45, 7) is 18.9. The summed E-state index contributed by atoms with van der Waals surface area (Å²) in [5.41, 5.74) is 2.54. The first-order valence-corrected chi connectivity index (χ1v) is 14.4. The van der Waals surface area contributed by atoms with E-state index in [0.717, 1.165) is 38.5 Å². The van der Waals surface area contributed by atoms with Gasteiger partial charge in [-0.25, -0.2) is 0 Å². The van der Waals surface area contributed by atoms with Crippen LogP contribution in [0.25, 0.3) is 0 Å². The van der Waals surface area contributed by atoms with Gasteiger partial charge in [0.15, 0.2) is 0 Å². The van der Waals surface area contributed by atoms with Gasteiger partial charge in [-0.3, -0.25) is 4.79 Å². The van der Waals surface area contributed by atoms with Crippen LogP contribution < -0.4 is 0 Å². The second kappa shape index (κ2) is 7.61. The molecule has 194 valence electrons. The van der Waals surface area contributed by atoms with Gasteiger partial charge in [0.05, 0.1) is 11.5 Å². The van der Waals surface area contributed by atoms with Crippen LogP contribution in [0.2, 0.25) is 0 Å². The highest BCUT2D eigenvalue weighted by molar-refractivity contribution is 5.66. The second-order valence-electron chi connectivity index (χ2n) is 15.4. The molecule has 0 aromatic carbocycles. The molecule has 4 fully saturated rings. The molecule has 4 saturated carbocycles. The molecule has 0 radical (unpaired) electrons. The fraction of sp³-hybridized carbons (Fsp3) is 0.875. The maximum absolute atomic E-state index is 11.9. The van der Waals surface area contributed by atoms with Gasteiger partial charge in [0, 0.05) is 12.3 Å². The molecule has 0 spiro atoms. The summed E-state index contributed by atoms with van der Waals surface area (Å²) < 4.78 is 5.89. The Kier molecular flexibility index (Phi) is 5.51. The van der Waals surface area contributed by atoms with E-state index in [-0.39, 0.29) is 39.1 Å². The number of nitrogens with zero attached hydrogens (tertiary/aromatic N) is 1. The van der Waals surface area contributed by atoms with E-state index in [4.69, 9.17) is 4.74 Å². The molecular formula is C32H49NO2. The zero-order valence-electron chi connectivity index (χ0n) is 23.7. The van der Waals surface area contributed by atoms with Gasteiger partial charge in [0.25, 0.3) is 0 Å². The van der Waals surface area contributed by atoms with Gasteiger partial charge in [0.2, 0.25) is 0 Å². The van der Waals surface area contributed by atoms with Gasteiger partial charge in [-0.15, -0.1) is 0 Å². The molecular weight excluding hydrogens is 430 g/mol. The van der Waals surface area contributed by atoms with Crippen molar-refractivity contribution in [3.05, 3.63) is 11.6 Å². The third-order valence-electron chi connectivity index (χ3n) is 13.1. The summed E-state index contributed by atoms with van der Waals surface area (Å²) in [6.07, 6.45) is 14.1. The monoisotopic (exact) mass is 479 g/mol. The van der Waals surface area contributed by atoms with Crippen LogP contribution in [0.1, 0.15) is 120 Å². The lowest BCUT2D eigenvalue weighted by Crippen LogP contribution is -2.64. The lowest BCUT2D eigenvalue weighted by molar-refractivity contribution is -0.211. The molecule has 3 unspecified atom stereocenters. The summed E-state index contributed by atoms with van der Waals surface area (Å²) >= 11 is 0. The van der Waals surface area contributed by atoms with E-state index < -0.39 is 0 Å². The van der Waals surface area contributed by atoms with Crippen molar-refractivity contribution in [3.8, 4) is 6.07 Å². The number of nitriles is 1. The summed E-state index contributed by atoms with van der Waals surface area (Å²) in [5.74, 6) is 1.50. The topological polar surface area (TPSA) is 50.1 Å². The van der Waals surface area contributed by atoms with Crippen LogP contribution in [0.15, 0.2) is 11.6 Å². The van der Waals surface area contributed by atoms with Crippen molar-refractivity contribution in [1.29, 1.82) is 5.26 Å². The number of allylic oxidation sites excluding steroid dienone is 2. The molecule has 0 N–H and O–H groups in total. The van der Waals surface area contributed by atoms with E-state index in [0.29, 0.717) is 23.2 Å². The van der Waals surface area contributed by atoms with Crippen LogP contribution in [-0.2, 0) is 9.53 Å². The van der Waals surface area contributed by atoms with Crippen molar-refractivity contribution in [3.63, 3.8) is 0 Å². The molecule has 0 amide bonds. The first-order chi connectivity index (χ1) is 16.2. The maximum Gasteiger partial charge on any atom is 0.302 e. The van der Waals surface area contributed by atoms with E-state index in [9.17, 15) is 10.1 Å². The zero-order valence-corrected chi connectivity index (χ0v) is 23.7. The highest BCUT2D eigenvalue weighted by Crippen LogP contribution is 2.75. The third-order valence-corrected chi connectivity index (χ3v) is 13.1. The fourth-order valence-corrected chi connectivity index (χ4v) is 10.8. The molecule has 5 aliphatic rings. The van der Waals surface area contributed by atoms with Crippen LogP contribution in [0, 0.1) is 61.6 Å². The van der Waals surface area contributed by atoms with Gasteiger partial charge in [-0.1, -0.05) is 60.1 Å². The molecule has 0 heterocycles. The molecule has 3 nitrogen and oxygen atoms in total. The molecule has 5 aliphatic carbocycles. The Hall–Kier alpha value is -1.30. The largest absolute Gasteiger partial charge is 0.462 e. The number of hydrogen-bond acceptors (Lipinski definition) is 3. The van der Waals surface area contributed by atoms with E-state index in [2.05, 4.69) is 60.6 Å². The Morgan fingerprint density at radius 2 is 1.63 bits per heavy atom. The number of rotatable bonds is 1. The number of ether oxygens (including phenoxy) is 1. The van der Waals surface area contributed by atoms with Gasteiger partial charge in [-0.2, -0.15) is 5.26 Å². The van der Waals surface area contributed by atoms with Crippen molar-refractivity contribution in [2.75, 3.05) is 0 Å². The molecule has 8 atom stereocenters. The van der Waals surface area contributed by atoms with Gasteiger partial charge >= 0.3 is 5.97 Å². The molecule has 0 saturated heterocycles. The zero-order chi connectivity index (χ0) is 25.7. The predicted octanol–water partition coefficient (Wildman–Crippen LogP) is 8.24. The number of esters is 1. The first kappa shape index (κ1) is 25.4. The molecule has 5 rings (SSSR count). The van der Waals surface area contributed by atoms with Crippen LogP contribution in [0.4, 0.5) is 0 Å². The lowest BCUT2D eigenvalue weighted by atomic mass is 9.33. The maximum atomic E-state index is 11.9. The number of hydrogen-bond donors (Lipinski definition) is 0. The highest BCUT2D eigenvalue weighted by atomic mass is 16.5. The van der Waals surface area contributed by atoms with E-state index >= 15 is 0 Å². The predicted molar refractivity (Wildman–Crippen MR) is 140 cm³/mol. The van der Waals surface area contributed by atoms with E-state index in [1.165, 1.54) is 25.7 Å². The van der Waals surface area contributed by atoms with Crippen molar-refractivity contribution in [2.24, 2.45) is 50.2 Å². The van der Waals surface area contributed by atoms with Crippen molar-refractivity contribution >= 4 is 5.97 Å². The normalized spacial score (nSPS) is 49.7. The Balaban J connectivity index is 1.54. The third kappa shape index (κ3) is 3.30. The van der Waals surface area contributed by atoms with Crippen molar-refractivity contribution in [1.82, 2.24) is 0 Å². The highest BCUT2D eigenvalue weighted by Gasteiger charge is 2.68. The molecule has 0 aliphatic heterocycles. The van der Waals surface area contributed by atoms with Crippen molar-refractivity contribution in [2.45, 2.75) is 126 Å². The fourth-order valence-electron chi connectivity index (χ4n) is 10.8. The molecule has 35 heavy (non-hydrogen) atoms. The minimum atomic E-state index is -0.144. The van der Waals surface area contributed by atoms with Crippen LogP contribution >= 0.6 is 0 Å². The molecule has 3 heteroatoms. The Labute approximate surface area is 214 Å². The summed E-state index contributed by atoms with van der Waals surface area (Å²) in [6, 6.07) is 2.89. The smallest absolute Gasteiger partial charge is 0.302 e.